The molecule has 0 bridgehead atoms. The molecule has 0 aliphatic rings. The molecule has 0 saturated heterocycles. The predicted molar refractivity (Wildman–Crippen MR) is 56.0 cm³/mol. The lowest BCUT2D eigenvalue weighted by atomic mass is 10.5. The third-order valence-corrected chi connectivity index (χ3v) is 4.24. The van der Waals surface area contributed by atoms with Crippen molar-refractivity contribution < 1.29 is 0 Å². The number of rotatable bonds is 2. The van der Waals surface area contributed by atoms with Crippen LogP contribution < -0.4 is 4.57 Å². The molecule has 0 amide bonds. The minimum absolute atomic E-state index is 1.08. The second kappa shape index (κ2) is 3.27. The van der Waals surface area contributed by atoms with Crippen LogP contribution in [0.2, 0.25) is 19.6 Å². The van der Waals surface area contributed by atoms with Gasteiger partial charge in [0.15, 0.2) is 0 Å². The maximum atomic E-state index is 4.31. The van der Waals surface area contributed by atoms with Gasteiger partial charge in [-0.25, -0.2) is 4.98 Å². The fraction of sp³-hybridized carbons (Fsp3) is 0.444. The molecule has 0 N–H and O–H groups in total. The molecule has 1 rings (SSSR count). The van der Waals surface area contributed by atoms with E-state index in [1.165, 1.54) is 0 Å². The van der Waals surface area contributed by atoms with Crippen LogP contribution in [0, 0.1) is 0 Å². The number of hydrogen-bond donors (Lipinski definition) is 0. The van der Waals surface area contributed by atoms with Crippen molar-refractivity contribution in [1.29, 1.82) is 0 Å². The number of pyridine rings is 1. The van der Waals surface area contributed by atoms with Crippen molar-refractivity contribution in [2.45, 2.75) is 19.6 Å². The summed E-state index contributed by atoms with van der Waals surface area (Å²) in [5.41, 5.74) is 0. The van der Waals surface area contributed by atoms with Crippen molar-refractivity contribution in [2.75, 3.05) is 11.6 Å². The van der Waals surface area contributed by atoms with E-state index in [0.29, 0.717) is 0 Å². The molecule has 1 aromatic heterocycles. The van der Waals surface area contributed by atoms with Gasteiger partial charge < -0.3 is 4.57 Å². The van der Waals surface area contributed by atoms with E-state index in [4.69, 9.17) is 0 Å². The van der Waals surface area contributed by atoms with Gasteiger partial charge in [-0.2, -0.15) is 0 Å². The Kier molecular flexibility index (Phi) is 2.52. The van der Waals surface area contributed by atoms with Crippen LogP contribution in [0.15, 0.2) is 24.4 Å². The molecule has 0 aromatic carbocycles. The van der Waals surface area contributed by atoms with Crippen LogP contribution >= 0.6 is 0 Å². The lowest BCUT2D eigenvalue weighted by Gasteiger charge is -2.30. The second-order valence-corrected chi connectivity index (χ2v) is 8.93. The van der Waals surface area contributed by atoms with Gasteiger partial charge in [0.1, 0.15) is 14.1 Å². The van der Waals surface area contributed by atoms with Gasteiger partial charge in [0.05, 0.1) is 0 Å². The summed E-state index contributed by atoms with van der Waals surface area (Å²) in [6.45, 7) is 6.92. The minimum Gasteiger partial charge on any atom is -0.386 e. The Morgan fingerprint density at radius 2 is 1.92 bits per heavy atom. The fourth-order valence-corrected chi connectivity index (χ4v) is 1.72. The molecule has 1 aromatic rings. The summed E-state index contributed by atoms with van der Waals surface area (Å²) in [7, 11) is 0.889. The molecule has 2 nitrogen and oxygen atoms in total. The molecule has 0 fully saturated rings. The molecule has 0 unspecified atom stereocenters. The van der Waals surface area contributed by atoms with Gasteiger partial charge in [0.2, 0.25) is 0 Å². The van der Waals surface area contributed by atoms with E-state index >= 15 is 0 Å². The fourth-order valence-electron chi connectivity index (χ4n) is 0.896. The summed E-state index contributed by atoms with van der Waals surface area (Å²) >= 11 is 0. The first-order valence-electron chi connectivity index (χ1n) is 4.16. The van der Waals surface area contributed by atoms with Crippen molar-refractivity contribution >= 4 is 14.1 Å². The highest BCUT2D eigenvalue weighted by molar-refractivity contribution is 6.79. The molecule has 0 saturated carbocycles. The van der Waals surface area contributed by atoms with Crippen LogP contribution in [0.3, 0.4) is 0 Å². The Morgan fingerprint density at radius 3 is 2.33 bits per heavy atom. The van der Waals surface area contributed by atoms with Gasteiger partial charge in [-0.05, 0) is 19.2 Å². The highest BCUT2D eigenvalue weighted by atomic mass is 28.3. The average molecular weight is 180 g/mol. The predicted octanol–water partition coefficient (Wildman–Crippen LogP) is 2.35. The zero-order chi connectivity index (χ0) is 9.19. The van der Waals surface area contributed by atoms with Gasteiger partial charge in [-0.1, -0.05) is 25.7 Å². The van der Waals surface area contributed by atoms with Crippen LogP contribution in [0.5, 0.6) is 0 Å². The van der Waals surface area contributed by atoms with E-state index < -0.39 is 8.24 Å². The van der Waals surface area contributed by atoms with Crippen molar-refractivity contribution in [3.05, 3.63) is 24.4 Å². The Bertz CT molecular complexity index is 240. The van der Waals surface area contributed by atoms with E-state index in [-0.39, 0.29) is 0 Å². The van der Waals surface area contributed by atoms with E-state index in [1.54, 1.807) is 0 Å². The molecule has 0 radical (unpaired) electrons. The quantitative estimate of drug-likeness (QED) is 0.649. The van der Waals surface area contributed by atoms with Crippen LogP contribution in [0.25, 0.3) is 0 Å². The summed E-state index contributed by atoms with van der Waals surface area (Å²) in [4.78, 5) is 4.31. The maximum Gasteiger partial charge on any atom is 0.149 e. The molecular formula is C9H16N2Si. The Balaban J connectivity index is 2.86. The maximum absolute atomic E-state index is 4.31. The molecule has 0 spiro atoms. The first-order valence-corrected chi connectivity index (χ1v) is 7.61. The molecule has 3 heteroatoms. The van der Waals surface area contributed by atoms with Gasteiger partial charge >= 0.3 is 0 Å². The van der Waals surface area contributed by atoms with Crippen molar-refractivity contribution in [2.24, 2.45) is 0 Å². The standard InChI is InChI=1S/C9H16N2Si/c1-11(12(2,3)4)9-7-5-6-8-10-9/h5-8H,1-4H3. The second-order valence-electron chi connectivity index (χ2n) is 3.92. The largest absolute Gasteiger partial charge is 0.386 e. The van der Waals surface area contributed by atoms with Crippen molar-refractivity contribution in [3.8, 4) is 0 Å². The third kappa shape index (κ3) is 2.07. The van der Waals surface area contributed by atoms with E-state index in [0.717, 1.165) is 5.82 Å². The van der Waals surface area contributed by atoms with Crippen LogP contribution in [0.4, 0.5) is 5.82 Å². The first-order chi connectivity index (χ1) is 5.52. The molecule has 0 aliphatic carbocycles. The highest BCUT2D eigenvalue weighted by Crippen LogP contribution is 2.15. The van der Waals surface area contributed by atoms with E-state index in [1.807, 2.05) is 18.3 Å². The lowest BCUT2D eigenvalue weighted by molar-refractivity contribution is 1.16. The van der Waals surface area contributed by atoms with Crippen LogP contribution in [-0.4, -0.2) is 20.3 Å². The number of hydrogen-bond acceptors (Lipinski definition) is 2. The van der Waals surface area contributed by atoms with Gasteiger partial charge in [-0.15, -0.1) is 0 Å². The summed E-state index contributed by atoms with van der Waals surface area (Å²) < 4.78 is 2.30. The van der Waals surface area contributed by atoms with Crippen LogP contribution in [-0.2, 0) is 0 Å². The van der Waals surface area contributed by atoms with Crippen molar-refractivity contribution in [3.63, 3.8) is 0 Å². The van der Waals surface area contributed by atoms with Crippen LogP contribution in [0.1, 0.15) is 0 Å². The number of nitrogens with zero attached hydrogens (tertiary/aromatic N) is 2. The van der Waals surface area contributed by atoms with Gasteiger partial charge in [0, 0.05) is 6.20 Å². The molecule has 0 atom stereocenters. The zero-order valence-corrected chi connectivity index (χ0v) is 9.20. The summed E-state index contributed by atoms with van der Waals surface area (Å²) in [5.74, 6) is 1.08. The molecule has 66 valence electrons. The smallest absolute Gasteiger partial charge is 0.149 e. The normalized spacial score (nSPS) is 11.3. The zero-order valence-electron chi connectivity index (χ0n) is 8.20. The summed E-state index contributed by atoms with van der Waals surface area (Å²) in [5, 5.41) is 0. The summed E-state index contributed by atoms with van der Waals surface area (Å²) in [6, 6.07) is 6.03. The molecule has 0 aliphatic heterocycles. The number of anilines is 1. The average Bonchev–Trinajstić information content (AvgIpc) is 2.03. The third-order valence-electron chi connectivity index (χ3n) is 2.00. The van der Waals surface area contributed by atoms with Gasteiger partial charge in [0.25, 0.3) is 0 Å². The monoisotopic (exact) mass is 180 g/mol. The topological polar surface area (TPSA) is 16.1 Å². The lowest BCUT2D eigenvalue weighted by Crippen LogP contribution is -2.43. The first kappa shape index (κ1) is 9.26. The van der Waals surface area contributed by atoms with Crippen molar-refractivity contribution in [1.82, 2.24) is 4.98 Å². The minimum atomic E-state index is -1.23. The number of aromatic nitrogens is 1. The Labute approximate surface area is 75.3 Å². The highest BCUT2D eigenvalue weighted by Gasteiger charge is 2.20. The SMILES string of the molecule is CN(c1ccccn1)[Si](C)(C)C. The van der Waals surface area contributed by atoms with E-state index in [2.05, 4.69) is 42.3 Å². The van der Waals surface area contributed by atoms with Gasteiger partial charge in [-0.3, -0.25) is 0 Å². The van der Waals surface area contributed by atoms with E-state index in [9.17, 15) is 0 Å². The summed E-state index contributed by atoms with van der Waals surface area (Å²) in [6.07, 6.45) is 1.84. The molecule has 12 heavy (non-hydrogen) atoms. The Morgan fingerprint density at radius 1 is 1.25 bits per heavy atom. The molecule has 1 heterocycles. The Hall–Kier alpha value is -0.833. The molecular weight excluding hydrogens is 164 g/mol.